The van der Waals surface area contributed by atoms with E-state index in [9.17, 15) is 0 Å². The summed E-state index contributed by atoms with van der Waals surface area (Å²) in [6, 6.07) is 10.5. The number of rotatable bonds is 4. The number of likely N-dealkylation sites (N-methyl/N-ethyl adjacent to an activating group) is 1. The molecule has 0 aliphatic rings. The van der Waals surface area contributed by atoms with Crippen LogP contribution in [0.25, 0.3) is 0 Å². The normalized spacial score (nSPS) is 12.7. The smallest absolute Gasteiger partial charge is 0.0931 e. The van der Waals surface area contributed by atoms with Crippen LogP contribution in [-0.4, -0.2) is 7.05 Å². The zero-order valence-corrected chi connectivity index (χ0v) is 12.7. The highest BCUT2D eigenvalue weighted by Gasteiger charge is 2.12. The minimum absolute atomic E-state index is 0.262. The van der Waals surface area contributed by atoms with Crippen molar-refractivity contribution in [2.45, 2.75) is 19.4 Å². The molecule has 0 saturated heterocycles. The summed E-state index contributed by atoms with van der Waals surface area (Å²) in [6.45, 7) is 2.01. The second-order valence-electron chi connectivity index (χ2n) is 4.26. The number of thiophene rings is 1. The van der Waals surface area contributed by atoms with E-state index >= 15 is 0 Å². The summed E-state index contributed by atoms with van der Waals surface area (Å²) in [5.41, 5.74) is 2.31. The highest BCUT2D eigenvalue weighted by molar-refractivity contribution is 7.16. The average Bonchev–Trinajstić information content (AvgIpc) is 2.75. The molecule has 0 aliphatic carbocycles. The lowest BCUT2D eigenvalue weighted by atomic mass is 10.0. The van der Waals surface area contributed by atoms with Gasteiger partial charge in [0.15, 0.2) is 0 Å². The number of hydrogen-bond donors (Lipinski definition) is 1. The van der Waals surface area contributed by atoms with Crippen molar-refractivity contribution >= 4 is 34.5 Å². The predicted octanol–water partition coefficient (Wildman–Crippen LogP) is 4.87. The molecule has 4 heteroatoms. The maximum atomic E-state index is 6.18. The number of halogens is 2. The monoisotopic (exact) mass is 299 g/mol. The van der Waals surface area contributed by atoms with Gasteiger partial charge in [0.1, 0.15) is 0 Å². The Labute approximate surface area is 122 Å². The number of hydrogen-bond acceptors (Lipinski definition) is 2. The Morgan fingerprint density at radius 3 is 2.56 bits per heavy atom. The van der Waals surface area contributed by atoms with Crippen LogP contribution in [0.1, 0.15) is 22.0 Å². The highest BCUT2D eigenvalue weighted by Crippen LogP contribution is 2.28. The third kappa shape index (κ3) is 3.27. The summed E-state index contributed by atoms with van der Waals surface area (Å²) in [5.74, 6) is 0. The lowest BCUT2D eigenvalue weighted by Crippen LogP contribution is -2.18. The summed E-state index contributed by atoms with van der Waals surface area (Å²) in [7, 11) is 1.97. The lowest BCUT2D eigenvalue weighted by molar-refractivity contribution is 0.596. The third-order valence-electron chi connectivity index (χ3n) is 2.98. The zero-order chi connectivity index (χ0) is 13.1. The summed E-state index contributed by atoms with van der Waals surface area (Å²) < 4.78 is 0.835. The van der Waals surface area contributed by atoms with E-state index < -0.39 is 0 Å². The van der Waals surface area contributed by atoms with Crippen LogP contribution < -0.4 is 5.32 Å². The van der Waals surface area contributed by atoms with E-state index in [4.69, 9.17) is 23.2 Å². The molecule has 2 aromatic rings. The highest BCUT2D eigenvalue weighted by atomic mass is 35.5. The first-order chi connectivity index (χ1) is 8.60. The van der Waals surface area contributed by atoms with E-state index in [1.807, 2.05) is 26.1 Å². The predicted molar refractivity (Wildman–Crippen MR) is 81.0 cm³/mol. The van der Waals surface area contributed by atoms with Crippen LogP contribution in [0.3, 0.4) is 0 Å². The molecule has 1 nitrogen and oxygen atoms in total. The molecule has 0 radical (unpaired) electrons. The molecule has 96 valence electrons. The molecule has 0 saturated carbocycles. The van der Waals surface area contributed by atoms with Gasteiger partial charge in [-0.3, -0.25) is 0 Å². The molecule has 0 bridgehead atoms. The second kappa shape index (κ2) is 6.07. The standard InChI is InChI=1S/C14H15Cl2NS/c1-9-3-4-10(7-12(9)15)13(17-2)8-11-5-6-14(16)18-11/h3-7,13,17H,8H2,1-2H3. The molecule has 0 fully saturated rings. The minimum atomic E-state index is 0.262. The topological polar surface area (TPSA) is 12.0 Å². The van der Waals surface area contributed by atoms with E-state index in [0.29, 0.717) is 0 Å². The van der Waals surface area contributed by atoms with Gasteiger partial charge in [-0.05, 0) is 43.3 Å². The van der Waals surface area contributed by atoms with Gasteiger partial charge in [-0.2, -0.15) is 0 Å². The van der Waals surface area contributed by atoms with Gasteiger partial charge in [0.05, 0.1) is 4.34 Å². The fraction of sp³-hybridized carbons (Fsp3) is 0.286. The Morgan fingerprint density at radius 1 is 1.22 bits per heavy atom. The molecule has 1 heterocycles. The zero-order valence-electron chi connectivity index (χ0n) is 10.3. The van der Waals surface area contributed by atoms with Crippen LogP contribution in [0.15, 0.2) is 30.3 Å². The fourth-order valence-corrected chi connectivity index (χ4v) is 3.20. The van der Waals surface area contributed by atoms with Gasteiger partial charge in [-0.15, -0.1) is 11.3 Å². The molecule has 1 aromatic carbocycles. The van der Waals surface area contributed by atoms with Crippen LogP contribution in [0.2, 0.25) is 9.36 Å². The molecule has 18 heavy (non-hydrogen) atoms. The van der Waals surface area contributed by atoms with Gasteiger partial charge in [0.25, 0.3) is 0 Å². The van der Waals surface area contributed by atoms with Gasteiger partial charge >= 0.3 is 0 Å². The SMILES string of the molecule is CNC(Cc1ccc(Cl)s1)c1ccc(C)c(Cl)c1. The van der Waals surface area contributed by atoms with Crippen molar-refractivity contribution in [1.29, 1.82) is 0 Å². The van der Waals surface area contributed by atoms with Crippen LogP contribution in [0.5, 0.6) is 0 Å². The van der Waals surface area contributed by atoms with Gasteiger partial charge in [-0.1, -0.05) is 35.3 Å². The Balaban J connectivity index is 2.19. The maximum Gasteiger partial charge on any atom is 0.0931 e. The van der Waals surface area contributed by atoms with Crippen molar-refractivity contribution in [2.75, 3.05) is 7.05 Å². The molecule has 1 atom stereocenters. The summed E-state index contributed by atoms with van der Waals surface area (Å²) in [4.78, 5) is 1.27. The van der Waals surface area contributed by atoms with Crippen LogP contribution in [-0.2, 0) is 6.42 Å². The lowest BCUT2D eigenvalue weighted by Gasteiger charge is -2.16. The fourth-order valence-electron chi connectivity index (χ4n) is 1.88. The molecule has 1 aromatic heterocycles. The first-order valence-corrected chi connectivity index (χ1v) is 7.35. The second-order valence-corrected chi connectivity index (χ2v) is 6.47. The molecular weight excluding hydrogens is 285 g/mol. The maximum absolute atomic E-state index is 6.18. The van der Waals surface area contributed by atoms with Crippen molar-refractivity contribution in [1.82, 2.24) is 5.32 Å². The van der Waals surface area contributed by atoms with Crippen molar-refractivity contribution in [3.63, 3.8) is 0 Å². The van der Waals surface area contributed by atoms with Gasteiger partial charge in [-0.25, -0.2) is 0 Å². The van der Waals surface area contributed by atoms with Crippen molar-refractivity contribution in [3.05, 3.63) is 55.7 Å². The summed E-state index contributed by atoms with van der Waals surface area (Å²) >= 11 is 13.8. The van der Waals surface area contributed by atoms with E-state index in [0.717, 1.165) is 21.3 Å². The Kier molecular flexibility index (Phi) is 4.68. The first-order valence-electron chi connectivity index (χ1n) is 5.77. The molecule has 2 rings (SSSR count). The quantitative estimate of drug-likeness (QED) is 0.849. The Morgan fingerprint density at radius 2 is 2.00 bits per heavy atom. The minimum Gasteiger partial charge on any atom is -0.313 e. The Bertz CT molecular complexity index is 536. The molecular formula is C14H15Cl2NS. The number of nitrogens with one attached hydrogen (secondary N) is 1. The summed E-state index contributed by atoms with van der Waals surface area (Å²) in [6.07, 6.45) is 0.924. The first kappa shape index (κ1) is 13.9. The van der Waals surface area contributed by atoms with Crippen LogP contribution >= 0.6 is 34.5 Å². The molecule has 1 N–H and O–H groups in total. The van der Waals surface area contributed by atoms with Crippen LogP contribution in [0, 0.1) is 6.92 Å². The van der Waals surface area contributed by atoms with Gasteiger partial charge in [0.2, 0.25) is 0 Å². The molecule has 1 unspecified atom stereocenters. The van der Waals surface area contributed by atoms with Gasteiger partial charge < -0.3 is 5.32 Å². The molecule has 0 aliphatic heterocycles. The summed E-state index contributed by atoms with van der Waals surface area (Å²) in [5, 5.41) is 4.14. The molecule has 0 amide bonds. The van der Waals surface area contributed by atoms with Crippen molar-refractivity contribution < 1.29 is 0 Å². The van der Waals surface area contributed by atoms with E-state index in [1.165, 1.54) is 10.4 Å². The largest absolute Gasteiger partial charge is 0.313 e. The van der Waals surface area contributed by atoms with Crippen molar-refractivity contribution in [2.24, 2.45) is 0 Å². The third-order valence-corrected chi connectivity index (χ3v) is 4.64. The molecule has 0 spiro atoms. The average molecular weight is 300 g/mol. The van der Waals surface area contributed by atoms with E-state index in [2.05, 4.69) is 23.5 Å². The van der Waals surface area contributed by atoms with E-state index in [1.54, 1.807) is 11.3 Å². The Hall–Kier alpha value is -0.540. The number of benzene rings is 1. The van der Waals surface area contributed by atoms with Gasteiger partial charge in [0, 0.05) is 22.4 Å². The van der Waals surface area contributed by atoms with Crippen molar-refractivity contribution in [3.8, 4) is 0 Å². The number of aryl methyl sites for hydroxylation is 1. The van der Waals surface area contributed by atoms with Crippen LogP contribution in [0.4, 0.5) is 0 Å². The van der Waals surface area contributed by atoms with E-state index in [-0.39, 0.29) is 6.04 Å².